The molecule has 0 heterocycles. The van der Waals surface area contributed by atoms with Gasteiger partial charge in [0.1, 0.15) is 5.82 Å². The van der Waals surface area contributed by atoms with Gasteiger partial charge < -0.3 is 19.9 Å². The monoisotopic (exact) mass is 395 g/mol. The molecule has 0 aliphatic carbocycles. The van der Waals surface area contributed by atoms with Gasteiger partial charge in [-0.15, -0.1) is 0 Å². The molecule has 0 saturated carbocycles. The van der Waals surface area contributed by atoms with Crippen LogP contribution >= 0.6 is 11.6 Å². The summed E-state index contributed by atoms with van der Waals surface area (Å²) in [6, 6.07) is 6.20. The smallest absolute Gasteiger partial charge is 0.338 e. The van der Waals surface area contributed by atoms with E-state index in [4.69, 9.17) is 26.2 Å². The van der Waals surface area contributed by atoms with Gasteiger partial charge in [0.05, 0.1) is 23.3 Å². The Morgan fingerprint density at radius 1 is 1.26 bits per heavy atom. The van der Waals surface area contributed by atoms with E-state index in [0.717, 1.165) is 12.1 Å². The van der Waals surface area contributed by atoms with Gasteiger partial charge in [0.15, 0.2) is 11.5 Å². The molecule has 0 spiro atoms. The van der Waals surface area contributed by atoms with Crippen LogP contribution in [0, 0.1) is 5.82 Å². The average molecular weight is 396 g/mol. The summed E-state index contributed by atoms with van der Waals surface area (Å²) in [4.78, 5) is 23.4. The van der Waals surface area contributed by atoms with E-state index in [-0.39, 0.29) is 22.4 Å². The zero-order chi connectivity index (χ0) is 20.1. The van der Waals surface area contributed by atoms with E-state index in [9.17, 15) is 14.0 Å². The number of carboxylic acids is 1. The number of benzene rings is 2. The number of hydrogen-bond acceptors (Lipinski definition) is 4. The fourth-order valence-corrected chi connectivity index (χ4v) is 2.56. The van der Waals surface area contributed by atoms with Crippen LogP contribution in [0.3, 0.4) is 0 Å². The fourth-order valence-electron chi connectivity index (χ4n) is 2.29. The van der Waals surface area contributed by atoms with Crippen LogP contribution in [0.5, 0.6) is 11.5 Å². The van der Waals surface area contributed by atoms with Crippen molar-refractivity contribution >= 4 is 29.2 Å². The Kier molecular flexibility index (Phi) is 6.63. The Bertz CT molecular complexity index is 869. The van der Waals surface area contributed by atoms with Gasteiger partial charge in [-0.1, -0.05) is 11.6 Å². The van der Waals surface area contributed by atoms with Crippen molar-refractivity contribution in [3.63, 3.8) is 0 Å². The molecule has 1 amide bonds. The molecule has 0 aromatic heterocycles. The van der Waals surface area contributed by atoms with E-state index < -0.39 is 23.3 Å². The SMILES string of the molecule is CCOc1c(Cl)cc(C(=O)Nc2ccc(C(=O)O)c(F)c2)cc1OC(C)C. The number of rotatable bonds is 7. The maximum Gasteiger partial charge on any atom is 0.338 e. The van der Waals surface area contributed by atoms with E-state index in [0.29, 0.717) is 18.1 Å². The lowest BCUT2D eigenvalue weighted by Gasteiger charge is -2.17. The van der Waals surface area contributed by atoms with Crippen molar-refractivity contribution < 1.29 is 28.6 Å². The highest BCUT2D eigenvalue weighted by molar-refractivity contribution is 6.32. The number of carboxylic acid groups (broad SMARTS) is 1. The first-order valence-corrected chi connectivity index (χ1v) is 8.57. The molecule has 8 heteroatoms. The van der Waals surface area contributed by atoms with Gasteiger partial charge in [-0.25, -0.2) is 9.18 Å². The maximum atomic E-state index is 13.8. The summed E-state index contributed by atoms with van der Waals surface area (Å²) in [7, 11) is 0. The molecular formula is C19H19ClFNO5. The van der Waals surface area contributed by atoms with Gasteiger partial charge in [0, 0.05) is 11.3 Å². The van der Waals surface area contributed by atoms with Gasteiger partial charge in [-0.2, -0.15) is 0 Å². The number of amides is 1. The second-order valence-corrected chi connectivity index (χ2v) is 6.25. The number of hydrogen-bond donors (Lipinski definition) is 2. The summed E-state index contributed by atoms with van der Waals surface area (Å²) in [5.74, 6) is -2.25. The molecule has 0 fully saturated rings. The third-order valence-electron chi connectivity index (χ3n) is 3.38. The molecule has 2 rings (SSSR count). The third kappa shape index (κ3) is 5.10. The lowest BCUT2D eigenvalue weighted by atomic mass is 10.1. The van der Waals surface area contributed by atoms with Crippen LogP contribution in [0.25, 0.3) is 0 Å². The predicted octanol–water partition coefficient (Wildman–Crippen LogP) is 4.62. The summed E-state index contributed by atoms with van der Waals surface area (Å²) >= 11 is 6.21. The van der Waals surface area contributed by atoms with Crippen LogP contribution in [0.2, 0.25) is 5.02 Å². The minimum atomic E-state index is -1.39. The molecule has 0 radical (unpaired) electrons. The van der Waals surface area contributed by atoms with Gasteiger partial charge in [-0.3, -0.25) is 4.79 Å². The van der Waals surface area contributed by atoms with Gasteiger partial charge >= 0.3 is 5.97 Å². The zero-order valence-corrected chi connectivity index (χ0v) is 15.8. The minimum Gasteiger partial charge on any atom is -0.488 e. The summed E-state index contributed by atoms with van der Waals surface area (Å²) in [6.45, 7) is 5.81. The van der Waals surface area contributed by atoms with Crippen molar-refractivity contribution in [2.24, 2.45) is 0 Å². The molecular weight excluding hydrogens is 377 g/mol. The van der Waals surface area contributed by atoms with E-state index in [2.05, 4.69) is 5.32 Å². The first-order chi connectivity index (χ1) is 12.7. The van der Waals surface area contributed by atoms with Crippen LogP contribution < -0.4 is 14.8 Å². The molecule has 6 nitrogen and oxygen atoms in total. The predicted molar refractivity (Wildman–Crippen MR) is 99.7 cm³/mol. The molecule has 0 aliphatic heterocycles. The lowest BCUT2D eigenvalue weighted by Crippen LogP contribution is -2.14. The van der Waals surface area contributed by atoms with Crippen LogP contribution in [-0.4, -0.2) is 29.7 Å². The number of ether oxygens (including phenoxy) is 2. The second-order valence-electron chi connectivity index (χ2n) is 5.84. The maximum absolute atomic E-state index is 13.8. The van der Waals surface area contributed by atoms with Crippen molar-refractivity contribution in [2.75, 3.05) is 11.9 Å². The average Bonchev–Trinajstić information content (AvgIpc) is 2.56. The minimum absolute atomic E-state index is 0.110. The van der Waals surface area contributed by atoms with E-state index >= 15 is 0 Å². The zero-order valence-electron chi connectivity index (χ0n) is 15.0. The highest BCUT2D eigenvalue weighted by Crippen LogP contribution is 2.37. The lowest BCUT2D eigenvalue weighted by molar-refractivity contribution is 0.0691. The highest BCUT2D eigenvalue weighted by atomic mass is 35.5. The highest BCUT2D eigenvalue weighted by Gasteiger charge is 2.18. The molecule has 2 aromatic rings. The van der Waals surface area contributed by atoms with Gasteiger partial charge in [0.25, 0.3) is 5.91 Å². The first kappa shape index (κ1) is 20.5. The first-order valence-electron chi connectivity index (χ1n) is 8.20. The summed E-state index contributed by atoms with van der Waals surface area (Å²) in [5, 5.41) is 11.6. The van der Waals surface area contributed by atoms with E-state index in [1.165, 1.54) is 18.2 Å². The largest absolute Gasteiger partial charge is 0.488 e. The van der Waals surface area contributed by atoms with Gasteiger partial charge in [-0.05, 0) is 51.1 Å². The molecule has 0 saturated heterocycles. The van der Waals surface area contributed by atoms with Crippen molar-refractivity contribution in [3.05, 3.63) is 52.3 Å². The standard InChI is InChI=1S/C19H19ClFNO5/c1-4-26-17-14(20)7-11(8-16(17)27-10(2)3)18(23)22-12-5-6-13(19(24)25)15(21)9-12/h5-10H,4H2,1-3H3,(H,22,23)(H,24,25). The number of nitrogens with one attached hydrogen (secondary N) is 1. The van der Waals surface area contributed by atoms with Crippen molar-refractivity contribution in [2.45, 2.75) is 26.9 Å². The Morgan fingerprint density at radius 2 is 1.96 bits per heavy atom. The number of halogens is 2. The molecule has 0 aliphatic rings. The number of carbonyl (C=O) groups excluding carboxylic acids is 1. The van der Waals surface area contributed by atoms with Crippen molar-refractivity contribution in [1.82, 2.24) is 0 Å². The Labute approximate surface area is 160 Å². The van der Waals surface area contributed by atoms with Crippen molar-refractivity contribution in [3.8, 4) is 11.5 Å². The topological polar surface area (TPSA) is 84.9 Å². The van der Waals surface area contributed by atoms with E-state index in [1.54, 1.807) is 6.92 Å². The summed E-state index contributed by atoms with van der Waals surface area (Å²) < 4.78 is 24.9. The molecule has 0 atom stereocenters. The van der Waals surface area contributed by atoms with Crippen LogP contribution in [-0.2, 0) is 0 Å². The number of carbonyl (C=O) groups is 2. The second kappa shape index (κ2) is 8.73. The van der Waals surface area contributed by atoms with Crippen LogP contribution in [0.4, 0.5) is 10.1 Å². The molecule has 27 heavy (non-hydrogen) atoms. The Hall–Kier alpha value is -2.80. The summed E-state index contributed by atoms with van der Waals surface area (Å²) in [5.41, 5.74) is -0.189. The quantitative estimate of drug-likeness (QED) is 0.714. The molecule has 0 bridgehead atoms. The third-order valence-corrected chi connectivity index (χ3v) is 3.66. The molecule has 144 valence electrons. The molecule has 0 unspecified atom stereocenters. The fraction of sp³-hybridized carbons (Fsp3) is 0.263. The Morgan fingerprint density at radius 3 is 2.52 bits per heavy atom. The van der Waals surface area contributed by atoms with Crippen LogP contribution in [0.15, 0.2) is 30.3 Å². The Balaban J connectivity index is 2.31. The summed E-state index contributed by atoms with van der Waals surface area (Å²) in [6.07, 6.45) is -0.170. The normalized spacial score (nSPS) is 10.6. The van der Waals surface area contributed by atoms with E-state index in [1.807, 2.05) is 13.8 Å². The van der Waals surface area contributed by atoms with Crippen molar-refractivity contribution in [1.29, 1.82) is 0 Å². The number of aromatic carboxylic acids is 1. The van der Waals surface area contributed by atoms with Gasteiger partial charge in [0.2, 0.25) is 0 Å². The van der Waals surface area contributed by atoms with Crippen LogP contribution in [0.1, 0.15) is 41.5 Å². The number of anilines is 1. The molecule has 2 aromatic carbocycles. The molecule has 2 N–H and O–H groups in total.